The number of aromatic nitrogens is 4. The van der Waals surface area contributed by atoms with Gasteiger partial charge in [0.25, 0.3) is 0 Å². The molecule has 0 bridgehead atoms. The second kappa shape index (κ2) is 10.5. The zero-order valence-electron chi connectivity index (χ0n) is 20.8. The zero-order valence-corrected chi connectivity index (χ0v) is 20.8. The van der Waals surface area contributed by atoms with Gasteiger partial charge in [-0.2, -0.15) is 4.98 Å². The fourth-order valence-electron chi connectivity index (χ4n) is 4.87. The van der Waals surface area contributed by atoms with Crippen molar-refractivity contribution in [3.05, 3.63) is 53.4 Å². The maximum absolute atomic E-state index is 14.3. The van der Waals surface area contributed by atoms with Gasteiger partial charge < -0.3 is 24.8 Å². The molecule has 2 aliphatic rings. The molecule has 9 nitrogen and oxygen atoms in total. The number of anilines is 2. The van der Waals surface area contributed by atoms with E-state index in [-0.39, 0.29) is 23.9 Å². The minimum absolute atomic E-state index is 0.0522. The van der Waals surface area contributed by atoms with Crippen molar-refractivity contribution in [3.8, 4) is 5.75 Å². The lowest BCUT2D eigenvalue weighted by Gasteiger charge is -2.31. The Kier molecular flexibility index (Phi) is 7.18. The van der Waals surface area contributed by atoms with Crippen molar-refractivity contribution in [1.29, 1.82) is 0 Å². The first kappa shape index (κ1) is 25.2. The molecule has 0 spiro atoms. The summed E-state index contributed by atoms with van der Waals surface area (Å²) < 4.78 is 52.7. The number of halogens is 3. The smallest absolute Gasteiger partial charge is 0.324 e. The van der Waals surface area contributed by atoms with Crippen LogP contribution in [0.4, 0.5) is 25.1 Å². The first-order valence-corrected chi connectivity index (χ1v) is 12.5. The topological polar surface area (TPSA) is 106 Å². The SMILES string of the molecule is CC(C)c1noc(N2CCCC(COc3cnc(N4CC(N)C(c5cc(F)c(F)cc5F)C4)nc3)C2)n1. The molecule has 5 rings (SSSR count). The summed E-state index contributed by atoms with van der Waals surface area (Å²) in [5.74, 6) is -1.51. The summed E-state index contributed by atoms with van der Waals surface area (Å²) in [4.78, 5) is 17.2. The molecule has 0 amide bonds. The van der Waals surface area contributed by atoms with Gasteiger partial charge in [0.2, 0.25) is 5.95 Å². The number of hydrogen-bond donors (Lipinski definition) is 1. The van der Waals surface area contributed by atoms with Gasteiger partial charge in [-0.05, 0) is 24.5 Å². The molecule has 2 aromatic heterocycles. The largest absolute Gasteiger partial charge is 0.490 e. The van der Waals surface area contributed by atoms with Crippen molar-refractivity contribution < 1.29 is 22.4 Å². The third-order valence-corrected chi connectivity index (χ3v) is 6.92. The van der Waals surface area contributed by atoms with E-state index < -0.39 is 29.4 Å². The summed E-state index contributed by atoms with van der Waals surface area (Å²) in [6.07, 6.45) is 5.20. The van der Waals surface area contributed by atoms with Gasteiger partial charge in [-0.25, -0.2) is 23.1 Å². The minimum atomic E-state index is -1.22. The van der Waals surface area contributed by atoms with Gasteiger partial charge in [0, 0.05) is 56.0 Å². The van der Waals surface area contributed by atoms with Crippen LogP contribution in [0.2, 0.25) is 0 Å². The molecule has 3 atom stereocenters. The van der Waals surface area contributed by atoms with E-state index in [1.54, 1.807) is 17.3 Å². The van der Waals surface area contributed by atoms with Crippen LogP contribution in [0.5, 0.6) is 5.75 Å². The third-order valence-electron chi connectivity index (χ3n) is 6.92. The number of benzene rings is 1. The molecule has 0 radical (unpaired) electrons. The van der Waals surface area contributed by atoms with E-state index in [0.717, 1.165) is 32.0 Å². The number of ether oxygens (including phenoxy) is 1. The van der Waals surface area contributed by atoms with Gasteiger partial charge in [-0.15, -0.1) is 0 Å². The molecule has 2 fully saturated rings. The Bertz CT molecular complexity index is 1220. The van der Waals surface area contributed by atoms with Gasteiger partial charge in [-0.3, -0.25) is 0 Å². The molecular formula is C25H30F3N7O2. The van der Waals surface area contributed by atoms with Gasteiger partial charge in [-0.1, -0.05) is 19.0 Å². The van der Waals surface area contributed by atoms with Gasteiger partial charge >= 0.3 is 6.01 Å². The van der Waals surface area contributed by atoms with Crippen molar-refractivity contribution in [2.75, 3.05) is 42.6 Å². The van der Waals surface area contributed by atoms with Crippen molar-refractivity contribution in [1.82, 2.24) is 20.1 Å². The van der Waals surface area contributed by atoms with Crippen LogP contribution >= 0.6 is 0 Å². The van der Waals surface area contributed by atoms with Gasteiger partial charge in [0.05, 0.1) is 19.0 Å². The van der Waals surface area contributed by atoms with E-state index in [1.165, 1.54) is 0 Å². The molecule has 12 heteroatoms. The maximum Gasteiger partial charge on any atom is 0.324 e. The minimum Gasteiger partial charge on any atom is -0.490 e. The summed E-state index contributed by atoms with van der Waals surface area (Å²) in [7, 11) is 0. The Labute approximate surface area is 212 Å². The molecule has 2 aliphatic heterocycles. The standard InChI is InChI=1S/C25H30F3N7O2/c1-14(2)23-32-25(37-33-23)34-5-3-4-15(10-34)13-36-16-8-30-24(31-9-16)35-11-18(22(29)12-35)17-6-20(27)21(28)7-19(17)26/h6-9,14-15,18,22H,3-5,10-13,29H2,1-2H3. The molecule has 4 heterocycles. The fourth-order valence-corrected chi connectivity index (χ4v) is 4.87. The predicted molar refractivity (Wildman–Crippen MR) is 130 cm³/mol. The molecule has 2 saturated heterocycles. The second-order valence-corrected chi connectivity index (χ2v) is 10.0. The maximum atomic E-state index is 14.3. The van der Waals surface area contributed by atoms with Crippen molar-refractivity contribution in [3.63, 3.8) is 0 Å². The lowest BCUT2D eigenvalue weighted by molar-refractivity contribution is 0.223. The third kappa shape index (κ3) is 5.48. The lowest BCUT2D eigenvalue weighted by Crippen LogP contribution is -2.38. The van der Waals surface area contributed by atoms with Gasteiger partial charge in [0.1, 0.15) is 5.82 Å². The number of nitrogens with two attached hydrogens (primary N) is 1. The Morgan fingerprint density at radius 1 is 1.05 bits per heavy atom. The second-order valence-electron chi connectivity index (χ2n) is 10.0. The molecule has 1 aromatic carbocycles. The van der Waals surface area contributed by atoms with E-state index >= 15 is 0 Å². The van der Waals surface area contributed by atoms with Crippen LogP contribution in [0.15, 0.2) is 29.0 Å². The number of piperidine rings is 1. The molecule has 3 aromatic rings. The highest BCUT2D eigenvalue weighted by atomic mass is 19.2. The Hall–Kier alpha value is -3.41. The molecule has 3 unspecified atom stereocenters. The van der Waals surface area contributed by atoms with Crippen molar-refractivity contribution >= 4 is 12.0 Å². The number of rotatable bonds is 7. The van der Waals surface area contributed by atoms with Gasteiger partial charge in [0.15, 0.2) is 23.2 Å². The summed E-state index contributed by atoms with van der Waals surface area (Å²) >= 11 is 0. The number of nitrogens with zero attached hydrogens (tertiary/aromatic N) is 6. The van der Waals surface area contributed by atoms with E-state index in [0.29, 0.717) is 42.8 Å². The first-order valence-electron chi connectivity index (χ1n) is 12.5. The molecule has 198 valence electrons. The Morgan fingerprint density at radius 2 is 1.81 bits per heavy atom. The summed E-state index contributed by atoms with van der Waals surface area (Å²) in [6, 6.07) is 1.50. The normalized spacial score (nSPS) is 22.2. The molecule has 0 aliphatic carbocycles. The summed E-state index contributed by atoms with van der Waals surface area (Å²) in [5.41, 5.74) is 6.25. The van der Waals surface area contributed by atoms with Crippen LogP contribution in [-0.2, 0) is 0 Å². The van der Waals surface area contributed by atoms with Crippen LogP contribution in [0, 0.1) is 23.4 Å². The van der Waals surface area contributed by atoms with Crippen molar-refractivity contribution in [2.45, 2.75) is 44.6 Å². The quantitative estimate of drug-likeness (QED) is 0.470. The fraction of sp³-hybridized carbons (Fsp3) is 0.520. The Balaban J connectivity index is 1.16. The molecule has 0 saturated carbocycles. The highest BCUT2D eigenvalue weighted by Gasteiger charge is 2.35. The zero-order chi connectivity index (χ0) is 26.1. The lowest BCUT2D eigenvalue weighted by atomic mass is 9.94. The van der Waals surface area contributed by atoms with Crippen LogP contribution < -0.4 is 20.3 Å². The average molecular weight is 518 g/mol. The molecule has 37 heavy (non-hydrogen) atoms. The van der Waals surface area contributed by atoms with E-state index in [2.05, 4.69) is 25.0 Å². The van der Waals surface area contributed by atoms with Crippen LogP contribution in [0.3, 0.4) is 0 Å². The molecule has 2 N–H and O–H groups in total. The van der Waals surface area contributed by atoms with Crippen LogP contribution in [0.1, 0.15) is 49.9 Å². The van der Waals surface area contributed by atoms with Crippen LogP contribution in [-0.4, -0.2) is 58.9 Å². The highest BCUT2D eigenvalue weighted by Crippen LogP contribution is 2.32. The van der Waals surface area contributed by atoms with Crippen LogP contribution in [0.25, 0.3) is 0 Å². The molecular weight excluding hydrogens is 487 g/mol. The Morgan fingerprint density at radius 3 is 2.54 bits per heavy atom. The summed E-state index contributed by atoms with van der Waals surface area (Å²) in [6.45, 7) is 6.81. The van der Waals surface area contributed by atoms with E-state index in [9.17, 15) is 13.2 Å². The van der Waals surface area contributed by atoms with E-state index in [1.807, 2.05) is 13.8 Å². The van der Waals surface area contributed by atoms with E-state index in [4.69, 9.17) is 15.0 Å². The average Bonchev–Trinajstić information content (AvgIpc) is 3.53. The van der Waals surface area contributed by atoms with Crippen molar-refractivity contribution in [2.24, 2.45) is 11.7 Å². The first-order chi connectivity index (χ1) is 17.8. The highest BCUT2D eigenvalue weighted by molar-refractivity contribution is 5.39. The summed E-state index contributed by atoms with van der Waals surface area (Å²) in [5, 5.41) is 4.05. The number of hydrogen-bond acceptors (Lipinski definition) is 9. The monoisotopic (exact) mass is 517 g/mol. The predicted octanol–water partition coefficient (Wildman–Crippen LogP) is 3.63.